The molecule has 24 heavy (non-hydrogen) atoms. The van der Waals surface area contributed by atoms with Gasteiger partial charge >= 0.3 is 0 Å². The Bertz CT molecular complexity index is 694. The predicted molar refractivity (Wildman–Crippen MR) is 101 cm³/mol. The minimum absolute atomic E-state index is 0.211. The molecule has 1 nitrogen and oxygen atoms in total. The van der Waals surface area contributed by atoms with Crippen molar-refractivity contribution in [1.29, 1.82) is 0 Å². The zero-order valence-corrected chi connectivity index (χ0v) is 16.9. The van der Waals surface area contributed by atoms with E-state index in [4.69, 9.17) is 23.2 Å². The van der Waals surface area contributed by atoms with E-state index in [1.165, 1.54) is 24.3 Å². The second-order valence-corrected chi connectivity index (χ2v) is 7.32. The summed E-state index contributed by atoms with van der Waals surface area (Å²) in [6, 6.07) is 8.32. The number of alkyl halides is 2. The van der Waals surface area contributed by atoms with Gasteiger partial charge < -0.3 is 0 Å². The third kappa shape index (κ3) is 4.37. The largest absolute Gasteiger partial charge is 0.298 e. The third-order valence-electron chi connectivity index (χ3n) is 3.67. The van der Waals surface area contributed by atoms with Crippen LogP contribution in [-0.2, 0) is 4.79 Å². The molecule has 2 unspecified atom stereocenters. The Kier molecular flexibility index (Phi) is 7.23. The summed E-state index contributed by atoms with van der Waals surface area (Å²) < 4.78 is 28.4. The van der Waals surface area contributed by atoms with Crippen LogP contribution >= 0.6 is 55.1 Å². The van der Waals surface area contributed by atoms with Crippen molar-refractivity contribution in [3.8, 4) is 0 Å². The molecule has 0 saturated heterocycles. The highest BCUT2D eigenvalue weighted by Gasteiger charge is 2.31. The first-order valence-corrected chi connectivity index (χ1v) is 9.94. The summed E-state index contributed by atoms with van der Waals surface area (Å²) in [7, 11) is 0. The molecule has 2 atom stereocenters. The van der Waals surface area contributed by atoms with Crippen LogP contribution in [0.25, 0.3) is 0 Å². The number of carbonyl (C=O) groups excluding carboxylic acids is 1. The molecule has 0 aliphatic heterocycles. The van der Waals surface area contributed by atoms with Crippen LogP contribution in [0.3, 0.4) is 0 Å². The second-order valence-electron chi connectivity index (χ2n) is 5.15. The number of hydrogen-bond donors (Lipinski definition) is 0. The maximum atomic E-state index is 14.2. The molecule has 0 fully saturated rings. The van der Waals surface area contributed by atoms with Crippen LogP contribution in [0.5, 0.6) is 0 Å². The van der Waals surface area contributed by atoms with Crippen LogP contribution in [0, 0.1) is 11.6 Å². The first-order valence-electron chi connectivity index (χ1n) is 6.94. The van der Waals surface area contributed by atoms with E-state index < -0.39 is 23.5 Å². The summed E-state index contributed by atoms with van der Waals surface area (Å²) in [5, 5.41) is 0.919. The Morgan fingerprint density at radius 1 is 0.875 bits per heavy atom. The van der Waals surface area contributed by atoms with Gasteiger partial charge in [0.25, 0.3) is 0 Å². The van der Waals surface area contributed by atoms with Gasteiger partial charge in [0.15, 0.2) is 0 Å². The van der Waals surface area contributed by atoms with Crippen molar-refractivity contribution in [2.45, 2.75) is 11.8 Å². The second kappa shape index (κ2) is 8.75. The minimum Gasteiger partial charge on any atom is -0.298 e. The summed E-state index contributed by atoms with van der Waals surface area (Å²) in [4.78, 5) is 12.9. The van der Waals surface area contributed by atoms with E-state index in [9.17, 15) is 13.6 Å². The molecule has 0 aromatic heterocycles. The number of benzene rings is 2. The fraction of sp³-hybridized carbons (Fsp3) is 0.235. The minimum atomic E-state index is -0.764. The molecule has 0 amide bonds. The van der Waals surface area contributed by atoms with Gasteiger partial charge in [0, 0.05) is 20.7 Å². The summed E-state index contributed by atoms with van der Waals surface area (Å²) in [6.07, 6.45) is 0. The zero-order valence-electron chi connectivity index (χ0n) is 12.2. The van der Waals surface area contributed by atoms with Crippen LogP contribution in [-0.4, -0.2) is 16.4 Å². The molecule has 0 heterocycles. The van der Waals surface area contributed by atoms with E-state index in [0.29, 0.717) is 0 Å². The Labute approximate surface area is 165 Å². The zero-order chi connectivity index (χ0) is 17.9. The van der Waals surface area contributed by atoms with Crippen LogP contribution in [0.1, 0.15) is 23.0 Å². The molecule has 0 N–H and O–H groups in total. The Hall–Kier alpha value is -0.490. The molecule has 0 aliphatic carbocycles. The van der Waals surface area contributed by atoms with Gasteiger partial charge in [0.05, 0.1) is 11.8 Å². The van der Waals surface area contributed by atoms with E-state index >= 15 is 0 Å². The van der Waals surface area contributed by atoms with Gasteiger partial charge in [-0.2, -0.15) is 0 Å². The first-order chi connectivity index (χ1) is 11.4. The number of rotatable bonds is 6. The topological polar surface area (TPSA) is 17.1 Å². The molecule has 0 radical (unpaired) electrons. The fourth-order valence-corrected chi connectivity index (χ4v) is 4.09. The van der Waals surface area contributed by atoms with E-state index in [1.54, 1.807) is 0 Å². The number of Topliss-reactive ketones (excluding diaryl/α,β-unsaturated/α-hetero) is 1. The fourth-order valence-electron chi connectivity index (χ4n) is 2.44. The highest BCUT2D eigenvalue weighted by atomic mass is 79.9. The van der Waals surface area contributed by atoms with E-state index in [1.807, 2.05) is 0 Å². The lowest BCUT2D eigenvalue weighted by Crippen LogP contribution is -2.24. The summed E-state index contributed by atoms with van der Waals surface area (Å²) >= 11 is 18.0. The maximum absolute atomic E-state index is 14.2. The van der Waals surface area contributed by atoms with Crippen LogP contribution < -0.4 is 0 Å². The molecule has 7 heteroatoms. The highest BCUT2D eigenvalue weighted by molar-refractivity contribution is 9.09. The highest BCUT2D eigenvalue weighted by Crippen LogP contribution is 2.33. The van der Waals surface area contributed by atoms with Crippen LogP contribution in [0.15, 0.2) is 36.4 Å². The van der Waals surface area contributed by atoms with Gasteiger partial charge in [-0.15, -0.1) is 0 Å². The standard InChI is InChI=1S/C17H12Br2Cl2F2O/c18-7-13(11-3-1-9(20)5-15(11)22)17(24)14(8-19)12-4-2-10(21)6-16(12)23/h1-6,13-14H,7-8H2. The molecular weight excluding hydrogens is 489 g/mol. The molecular formula is C17H12Br2Cl2F2O. The maximum Gasteiger partial charge on any atom is 0.149 e. The molecule has 0 aliphatic rings. The molecule has 2 aromatic rings. The van der Waals surface area contributed by atoms with Gasteiger partial charge in [-0.25, -0.2) is 8.78 Å². The number of halogens is 6. The SMILES string of the molecule is O=C(C(CBr)c1ccc(Cl)cc1F)C(CBr)c1ccc(Cl)cc1F. The monoisotopic (exact) mass is 498 g/mol. The quantitative estimate of drug-likeness (QED) is 0.414. The lowest BCUT2D eigenvalue weighted by Gasteiger charge is -2.21. The van der Waals surface area contributed by atoms with Crippen molar-refractivity contribution >= 4 is 60.8 Å². The predicted octanol–water partition coefficient (Wildman–Crippen LogP) is 6.50. The molecule has 0 bridgehead atoms. The number of ketones is 1. The first kappa shape index (κ1) is 19.8. The summed E-state index contributed by atoms with van der Waals surface area (Å²) in [5.74, 6) is -2.96. The molecule has 2 rings (SSSR count). The van der Waals surface area contributed by atoms with Crippen molar-refractivity contribution in [3.05, 3.63) is 69.2 Å². The van der Waals surface area contributed by atoms with Gasteiger partial charge in [-0.3, -0.25) is 4.79 Å². The van der Waals surface area contributed by atoms with E-state index in [2.05, 4.69) is 31.9 Å². The molecule has 128 valence electrons. The Morgan fingerprint density at radius 3 is 1.54 bits per heavy atom. The van der Waals surface area contributed by atoms with E-state index in [0.717, 1.165) is 12.1 Å². The van der Waals surface area contributed by atoms with E-state index in [-0.39, 0.29) is 37.6 Å². The number of hydrogen-bond acceptors (Lipinski definition) is 1. The van der Waals surface area contributed by atoms with Gasteiger partial charge in [-0.1, -0.05) is 67.2 Å². The number of carbonyl (C=O) groups is 1. The van der Waals surface area contributed by atoms with Crippen molar-refractivity contribution in [2.75, 3.05) is 10.7 Å². The van der Waals surface area contributed by atoms with Crippen LogP contribution in [0.4, 0.5) is 8.78 Å². The normalized spacial score (nSPS) is 13.6. The van der Waals surface area contributed by atoms with Crippen molar-refractivity contribution < 1.29 is 13.6 Å². The van der Waals surface area contributed by atoms with Crippen molar-refractivity contribution in [3.63, 3.8) is 0 Å². The van der Waals surface area contributed by atoms with Gasteiger partial charge in [-0.05, 0) is 35.4 Å². The molecule has 0 saturated carbocycles. The summed E-state index contributed by atoms with van der Waals surface area (Å²) in [5.41, 5.74) is 0.447. The van der Waals surface area contributed by atoms with Gasteiger partial charge in [0.1, 0.15) is 17.4 Å². The summed E-state index contributed by atoms with van der Waals surface area (Å²) in [6.45, 7) is 0. The Balaban J connectivity index is 2.41. The lowest BCUT2D eigenvalue weighted by atomic mass is 9.85. The van der Waals surface area contributed by atoms with Gasteiger partial charge in [0.2, 0.25) is 0 Å². The molecule has 0 spiro atoms. The smallest absolute Gasteiger partial charge is 0.149 e. The van der Waals surface area contributed by atoms with Crippen molar-refractivity contribution in [2.24, 2.45) is 0 Å². The lowest BCUT2D eigenvalue weighted by molar-refractivity contribution is -0.121. The average molecular weight is 501 g/mol. The molecule has 2 aromatic carbocycles. The van der Waals surface area contributed by atoms with Crippen molar-refractivity contribution in [1.82, 2.24) is 0 Å². The Morgan fingerprint density at radius 2 is 1.25 bits per heavy atom. The third-order valence-corrected chi connectivity index (χ3v) is 5.44. The average Bonchev–Trinajstić information content (AvgIpc) is 2.52. The van der Waals surface area contributed by atoms with Crippen LogP contribution in [0.2, 0.25) is 10.0 Å².